The van der Waals surface area contributed by atoms with Crippen LogP contribution < -0.4 is 15.5 Å². The molecule has 2 aliphatic rings. The lowest BCUT2D eigenvalue weighted by Crippen LogP contribution is -2.51. The summed E-state index contributed by atoms with van der Waals surface area (Å²) >= 11 is 0. The van der Waals surface area contributed by atoms with Crippen LogP contribution >= 0.6 is 0 Å². The van der Waals surface area contributed by atoms with Crippen molar-refractivity contribution in [3.8, 4) is 0 Å². The van der Waals surface area contributed by atoms with Crippen molar-refractivity contribution in [3.05, 3.63) is 83.7 Å². The first kappa shape index (κ1) is 31.3. The zero-order valence-corrected chi connectivity index (χ0v) is 25.1. The van der Waals surface area contributed by atoms with Crippen molar-refractivity contribution in [2.75, 3.05) is 56.1 Å². The Morgan fingerprint density at radius 1 is 0.977 bits per heavy atom. The number of amides is 2. The van der Waals surface area contributed by atoms with Gasteiger partial charge in [0.15, 0.2) is 6.29 Å². The predicted octanol–water partition coefficient (Wildman–Crippen LogP) is 3.27. The molecule has 0 spiro atoms. The minimum absolute atomic E-state index is 0.0169. The van der Waals surface area contributed by atoms with E-state index in [-0.39, 0.29) is 37.9 Å². The number of aliphatic hydroxyl groups is 1. The Morgan fingerprint density at radius 3 is 2.32 bits per heavy atom. The van der Waals surface area contributed by atoms with E-state index in [0.29, 0.717) is 5.69 Å². The molecule has 0 bridgehead atoms. The third-order valence-corrected chi connectivity index (χ3v) is 7.91. The number of piperazine rings is 1. The van der Waals surface area contributed by atoms with E-state index in [0.717, 1.165) is 55.4 Å². The number of esters is 1. The number of aliphatic hydroxyl groups excluding tert-OH is 1. The number of carbonyl (C=O) groups excluding carboxylic acids is 2. The zero-order valence-electron chi connectivity index (χ0n) is 25.1. The summed E-state index contributed by atoms with van der Waals surface area (Å²) in [6.45, 7) is 8.03. The predicted molar refractivity (Wildman–Crippen MR) is 164 cm³/mol. The van der Waals surface area contributed by atoms with E-state index in [9.17, 15) is 14.7 Å². The standard InChI is InChI=1S/C32H40N6O6/c1-3-42-28(40)19-35-32(41)36-26-11-9-25(10-12-26)30-43-27(22(2)29(44-30)24-7-5-23(21-39)6-8-24)20-37-15-17-38(18-16-37)31-33-13-4-14-34-31/h4-14,22,27,29-30,39H,3,15-21H2,1-2H3,(H2,35,36,41). The van der Waals surface area contributed by atoms with Gasteiger partial charge in [0.25, 0.3) is 0 Å². The van der Waals surface area contributed by atoms with E-state index in [4.69, 9.17) is 14.2 Å². The highest BCUT2D eigenvalue weighted by Crippen LogP contribution is 2.42. The number of benzene rings is 2. The first-order valence-corrected chi connectivity index (χ1v) is 15.0. The summed E-state index contributed by atoms with van der Waals surface area (Å²) in [5, 5.41) is 14.7. The minimum Gasteiger partial charge on any atom is -0.465 e. The molecule has 3 heterocycles. The van der Waals surface area contributed by atoms with E-state index >= 15 is 0 Å². The number of anilines is 2. The lowest BCUT2D eigenvalue weighted by molar-refractivity contribution is -0.276. The molecule has 3 N–H and O–H groups in total. The summed E-state index contributed by atoms with van der Waals surface area (Å²) in [4.78, 5) is 37.1. The molecule has 234 valence electrons. The van der Waals surface area contributed by atoms with E-state index < -0.39 is 18.3 Å². The molecule has 2 amide bonds. The van der Waals surface area contributed by atoms with Gasteiger partial charge in [-0.05, 0) is 36.2 Å². The average molecular weight is 605 g/mol. The summed E-state index contributed by atoms with van der Waals surface area (Å²) in [5.74, 6) is 0.315. The fourth-order valence-corrected chi connectivity index (χ4v) is 5.43. The Hall–Kier alpha value is -4.10. The van der Waals surface area contributed by atoms with Crippen LogP contribution in [0.1, 0.15) is 42.9 Å². The molecular weight excluding hydrogens is 564 g/mol. The molecule has 2 aliphatic heterocycles. The van der Waals surface area contributed by atoms with Crippen LogP contribution in [-0.2, 0) is 25.6 Å². The zero-order chi connectivity index (χ0) is 30.9. The molecule has 4 atom stereocenters. The van der Waals surface area contributed by atoms with Gasteiger partial charge in [-0.1, -0.05) is 43.3 Å². The van der Waals surface area contributed by atoms with Gasteiger partial charge >= 0.3 is 12.0 Å². The molecule has 3 aromatic rings. The molecule has 12 heteroatoms. The maximum Gasteiger partial charge on any atom is 0.325 e. The first-order chi connectivity index (χ1) is 21.4. The van der Waals surface area contributed by atoms with Crippen molar-refractivity contribution < 1.29 is 28.9 Å². The van der Waals surface area contributed by atoms with E-state index in [1.165, 1.54) is 0 Å². The summed E-state index contributed by atoms with van der Waals surface area (Å²) in [7, 11) is 0. The lowest BCUT2D eigenvalue weighted by Gasteiger charge is -2.44. The minimum atomic E-state index is -0.621. The van der Waals surface area contributed by atoms with Crippen LogP contribution in [-0.4, -0.2) is 84.0 Å². The number of urea groups is 1. The molecule has 0 saturated carbocycles. The highest BCUT2D eigenvalue weighted by molar-refractivity contribution is 5.91. The lowest BCUT2D eigenvalue weighted by atomic mass is 9.90. The smallest absolute Gasteiger partial charge is 0.325 e. The van der Waals surface area contributed by atoms with Gasteiger partial charge in [-0.25, -0.2) is 14.8 Å². The molecular formula is C32H40N6O6. The number of carbonyl (C=O) groups is 2. The molecule has 44 heavy (non-hydrogen) atoms. The molecule has 12 nitrogen and oxygen atoms in total. The molecule has 2 saturated heterocycles. The SMILES string of the molecule is CCOC(=O)CNC(=O)Nc1ccc(C2OC(CN3CCN(c4ncccn4)CC3)C(C)C(c3ccc(CO)cc3)O2)cc1. The number of aromatic nitrogens is 2. The Bertz CT molecular complexity index is 1350. The second-order valence-electron chi connectivity index (χ2n) is 10.9. The number of rotatable bonds is 10. The third kappa shape index (κ3) is 8.08. The van der Waals surface area contributed by atoms with Crippen LogP contribution in [0.3, 0.4) is 0 Å². The highest BCUT2D eigenvalue weighted by atomic mass is 16.7. The summed E-state index contributed by atoms with van der Waals surface area (Å²) in [6.07, 6.45) is 2.58. The molecule has 1 aromatic heterocycles. The fourth-order valence-electron chi connectivity index (χ4n) is 5.43. The second-order valence-corrected chi connectivity index (χ2v) is 10.9. The molecule has 2 aromatic carbocycles. The molecule has 4 unspecified atom stereocenters. The summed E-state index contributed by atoms with van der Waals surface area (Å²) in [6, 6.07) is 16.4. The van der Waals surface area contributed by atoms with Gasteiger partial charge in [-0.2, -0.15) is 0 Å². The van der Waals surface area contributed by atoms with Crippen LogP contribution in [0.5, 0.6) is 0 Å². The van der Waals surface area contributed by atoms with Crippen molar-refractivity contribution in [3.63, 3.8) is 0 Å². The quantitative estimate of drug-likeness (QED) is 0.296. The van der Waals surface area contributed by atoms with E-state index in [2.05, 4.69) is 37.3 Å². The summed E-state index contributed by atoms with van der Waals surface area (Å²) < 4.78 is 18.0. The number of hydrogen-bond donors (Lipinski definition) is 3. The fraction of sp³-hybridized carbons (Fsp3) is 0.438. The van der Waals surface area contributed by atoms with Gasteiger partial charge in [-0.3, -0.25) is 9.69 Å². The summed E-state index contributed by atoms with van der Waals surface area (Å²) in [5.41, 5.74) is 3.25. The van der Waals surface area contributed by atoms with Gasteiger partial charge in [0.1, 0.15) is 6.54 Å². The second kappa shape index (κ2) is 15.1. The molecule has 0 aliphatic carbocycles. The van der Waals surface area contributed by atoms with Crippen molar-refractivity contribution in [2.45, 2.75) is 39.0 Å². The van der Waals surface area contributed by atoms with Crippen LogP contribution in [0, 0.1) is 5.92 Å². The molecule has 0 radical (unpaired) electrons. The van der Waals surface area contributed by atoms with Gasteiger partial charge < -0.3 is 34.9 Å². The van der Waals surface area contributed by atoms with Crippen molar-refractivity contribution in [2.24, 2.45) is 5.92 Å². The van der Waals surface area contributed by atoms with Crippen molar-refractivity contribution >= 4 is 23.6 Å². The number of ether oxygens (including phenoxy) is 3. The van der Waals surface area contributed by atoms with Crippen LogP contribution in [0.2, 0.25) is 0 Å². The average Bonchev–Trinajstić information content (AvgIpc) is 3.06. The van der Waals surface area contributed by atoms with Gasteiger partial charge in [0, 0.05) is 62.3 Å². The monoisotopic (exact) mass is 604 g/mol. The highest BCUT2D eigenvalue weighted by Gasteiger charge is 2.39. The van der Waals surface area contributed by atoms with Gasteiger partial charge in [-0.15, -0.1) is 0 Å². The van der Waals surface area contributed by atoms with Crippen LogP contribution in [0.4, 0.5) is 16.4 Å². The van der Waals surface area contributed by atoms with Crippen LogP contribution in [0.15, 0.2) is 67.0 Å². The first-order valence-electron chi connectivity index (χ1n) is 15.0. The van der Waals surface area contributed by atoms with Crippen molar-refractivity contribution in [1.82, 2.24) is 20.2 Å². The Morgan fingerprint density at radius 2 is 1.66 bits per heavy atom. The molecule has 2 fully saturated rings. The molecule has 5 rings (SSSR count). The normalized spacial score (nSPS) is 22.3. The van der Waals surface area contributed by atoms with Crippen LogP contribution in [0.25, 0.3) is 0 Å². The van der Waals surface area contributed by atoms with E-state index in [1.54, 1.807) is 31.5 Å². The maximum absolute atomic E-state index is 12.2. The van der Waals surface area contributed by atoms with Gasteiger partial charge in [0.2, 0.25) is 5.95 Å². The topological polar surface area (TPSA) is 138 Å². The number of hydrogen-bond acceptors (Lipinski definition) is 10. The Labute approximate surface area is 257 Å². The van der Waals surface area contributed by atoms with E-state index in [1.807, 2.05) is 42.5 Å². The largest absolute Gasteiger partial charge is 0.465 e. The Kier molecular flexibility index (Phi) is 10.7. The number of nitrogens with zero attached hydrogens (tertiary/aromatic N) is 4. The van der Waals surface area contributed by atoms with Gasteiger partial charge in [0.05, 0.1) is 25.4 Å². The number of nitrogens with one attached hydrogen (secondary N) is 2. The Balaban J connectivity index is 1.26. The third-order valence-electron chi connectivity index (χ3n) is 7.91. The van der Waals surface area contributed by atoms with Crippen molar-refractivity contribution in [1.29, 1.82) is 0 Å². The maximum atomic E-state index is 12.2.